The fourth-order valence-corrected chi connectivity index (χ4v) is 3.23. The standard InChI is InChI=1S/C26H30N4O3/c1-19-5-7-20(8-6-19)11-14-24-28-23(26(32)30(24)3)17-21-9-12-22(13-10-21)29(2)16-15-27-18-25(31)33-4/h5-14,17,27H,15-16,18H2,1-4H3/b14-11+,23-17-. The van der Waals surface area contributed by atoms with Crippen LogP contribution < -0.4 is 10.2 Å². The van der Waals surface area contributed by atoms with Crippen molar-refractivity contribution in [3.05, 3.63) is 77.0 Å². The second kappa shape index (κ2) is 11.2. The van der Waals surface area contributed by atoms with Gasteiger partial charge in [0.05, 0.1) is 13.7 Å². The third-order valence-electron chi connectivity index (χ3n) is 5.36. The highest BCUT2D eigenvalue weighted by Gasteiger charge is 2.25. The molecule has 0 unspecified atom stereocenters. The third-order valence-corrected chi connectivity index (χ3v) is 5.36. The minimum absolute atomic E-state index is 0.128. The van der Waals surface area contributed by atoms with Gasteiger partial charge in [0.25, 0.3) is 5.91 Å². The molecule has 0 aliphatic carbocycles. The van der Waals surface area contributed by atoms with Gasteiger partial charge in [-0.15, -0.1) is 0 Å². The second-order valence-corrected chi connectivity index (χ2v) is 7.87. The molecule has 1 aliphatic heterocycles. The maximum absolute atomic E-state index is 12.6. The summed E-state index contributed by atoms with van der Waals surface area (Å²) >= 11 is 0. The molecule has 0 bridgehead atoms. The highest BCUT2D eigenvalue weighted by atomic mass is 16.5. The zero-order valence-electron chi connectivity index (χ0n) is 19.5. The van der Waals surface area contributed by atoms with Crippen LogP contribution in [0.2, 0.25) is 0 Å². The normalized spacial score (nSPS) is 14.8. The molecule has 1 N–H and O–H groups in total. The SMILES string of the molecule is COC(=O)CNCCN(C)c1ccc(/C=C2N=C(/C=C/c3ccc(C)cc3)N(C)C\2=O)cc1. The summed E-state index contributed by atoms with van der Waals surface area (Å²) < 4.78 is 4.61. The number of carbonyl (C=O) groups is 2. The number of methoxy groups -OCH3 is 1. The number of likely N-dealkylation sites (N-methyl/N-ethyl adjacent to an activating group) is 2. The van der Waals surface area contributed by atoms with Gasteiger partial charge in [-0.2, -0.15) is 0 Å². The van der Waals surface area contributed by atoms with E-state index in [1.165, 1.54) is 12.7 Å². The lowest BCUT2D eigenvalue weighted by molar-refractivity contribution is -0.139. The lowest BCUT2D eigenvalue weighted by Crippen LogP contribution is -2.32. The lowest BCUT2D eigenvalue weighted by Gasteiger charge is -2.19. The van der Waals surface area contributed by atoms with Crippen LogP contribution in [0, 0.1) is 6.92 Å². The molecule has 0 saturated carbocycles. The molecule has 0 fully saturated rings. The molecule has 7 nitrogen and oxygen atoms in total. The topological polar surface area (TPSA) is 74.2 Å². The van der Waals surface area contributed by atoms with E-state index in [0.717, 1.165) is 23.4 Å². The molecule has 0 aromatic heterocycles. The number of benzene rings is 2. The van der Waals surface area contributed by atoms with E-state index in [1.807, 2.05) is 62.5 Å². The number of anilines is 1. The van der Waals surface area contributed by atoms with Crippen LogP contribution in [0.15, 0.2) is 65.3 Å². The van der Waals surface area contributed by atoms with E-state index in [-0.39, 0.29) is 18.4 Å². The molecule has 172 valence electrons. The number of hydrogen-bond acceptors (Lipinski definition) is 6. The summed E-state index contributed by atoms with van der Waals surface area (Å²) in [6, 6.07) is 16.1. The number of hydrogen-bond donors (Lipinski definition) is 1. The first-order valence-electron chi connectivity index (χ1n) is 10.8. The van der Waals surface area contributed by atoms with Crippen LogP contribution in [0.1, 0.15) is 16.7 Å². The van der Waals surface area contributed by atoms with E-state index in [4.69, 9.17) is 0 Å². The van der Waals surface area contributed by atoms with E-state index < -0.39 is 0 Å². The average molecular weight is 447 g/mol. The Morgan fingerprint density at radius 3 is 2.42 bits per heavy atom. The number of amidine groups is 1. The van der Waals surface area contributed by atoms with Crippen LogP contribution in [0.3, 0.4) is 0 Å². The molecule has 0 spiro atoms. The number of nitrogens with zero attached hydrogens (tertiary/aromatic N) is 3. The Hall–Kier alpha value is -3.71. The minimum atomic E-state index is -0.279. The van der Waals surface area contributed by atoms with Gasteiger partial charge in [0, 0.05) is 32.9 Å². The maximum atomic E-state index is 12.6. The number of carbonyl (C=O) groups excluding carboxylic acids is 2. The van der Waals surface area contributed by atoms with Crippen molar-refractivity contribution in [2.75, 3.05) is 45.7 Å². The van der Waals surface area contributed by atoms with Crippen LogP contribution in [-0.4, -0.2) is 63.5 Å². The molecule has 2 aromatic carbocycles. The summed E-state index contributed by atoms with van der Waals surface area (Å²) in [6.07, 6.45) is 5.61. The van der Waals surface area contributed by atoms with Gasteiger partial charge in [0.2, 0.25) is 0 Å². The number of aryl methyl sites for hydroxylation is 1. The Bertz CT molecular complexity index is 1070. The van der Waals surface area contributed by atoms with E-state index >= 15 is 0 Å². The Balaban J connectivity index is 1.62. The summed E-state index contributed by atoms with van der Waals surface area (Å²) in [4.78, 5) is 31.9. The van der Waals surface area contributed by atoms with Crippen LogP contribution in [0.25, 0.3) is 12.2 Å². The molecule has 33 heavy (non-hydrogen) atoms. The highest BCUT2D eigenvalue weighted by molar-refractivity contribution is 6.18. The van der Waals surface area contributed by atoms with Crippen molar-refractivity contribution in [3.63, 3.8) is 0 Å². The fraction of sp³-hybridized carbons (Fsp3) is 0.269. The van der Waals surface area contributed by atoms with Gasteiger partial charge in [-0.1, -0.05) is 48.0 Å². The predicted octanol–water partition coefficient (Wildman–Crippen LogP) is 3.12. The average Bonchev–Trinajstić information content (AvgIpc) is 3.09. The molecule has 1 aliphatic rings. The van der Waals surface area contributed by atoms with Gasteiger partial charge < -0.3 is 15.0 Å². The largest absolute Gasteiger partial charge is 0.468 e. The molecule has 0 atom stereocenters. The number of ether oxygens (including phenoxy) is 1. The zero-order chi connectivity index (χ0) is 23.8. The number of rotatable bonds is 9. The zero-order valence-corrected chi connectivity index (χ0v) is 19.5. The number of aliphatic imine (C=N–C) groups is 1. The molecule has 0 saturated heterocycles. The Kier molecular flexibility index (Phi) is 8.16. The molecule has 0 radical (unpaired) electrons. The van der Waals surface area contributed by atoms with Crippen molar-refractivity contribution >= 4 is 35.6 Å². The summed E-state index contributed by atoms with van der Waals surface area (Å²) in [5.41, 5.74) is 4.61. The van der Waals surface area contributed by atoms with Gasteiger partial charge in [-0.3, -0.25) is 14.5 Å². The monoisotopic (exact) mass is 446 g/mol. The van der Waals surface area contributed by atoms with Crippen molar-refractivity contribution in [3.8, 4) is 0 Å². The fourth-order valence-electron chi connectivity index (χ4n) is 3.23. The molecule has 7 heteroatoms. The quantitative estimate of drug-likeness (QED) is 0.364. The van der Waals surface area contributed by atoms with Crippen molar-refractivity contribution in [1.29, 1.82) is 0 Å². The van der Waals surface area contributed by atoms with Gasteiger partial charge in [-0.25, -0.2) is 4.99 Å². The van der Waals surface area contributed by atoms with Crippen molar-refractivity contribution < 1.29 is 14.3 Å². The summed E-state index contributed by atoms with van der Waals surface area (Å²) in [7, 11) is 5.09. The van der Waals surface area contributed by atoms with Crippen molar-refractivity contribution in [2.45, 2.75) is 6.92 Å². The van der Waals surface area contributed by atoms with E-state index in [0.29, 0.717) is 18.1 Å². The van der Waals surface area contributed by atoms with Gasteiger partial charge in [0.1, 0.15) is 11.5 Å². The van der Waals surface area contributed by atoms with E-state index in [1.54, 1.807) is 18.0 Å². The minimum Gasteiger partial charge on any atom is -0.468 e. The third kappa shape index (κ3) is 6.63. The lowest BCUT2D eigenvalue weighted by atomic mass is 10.1. The molecular weight excluding hydrogens is 416 g/mol. The first-order valence-corrected chi connectivity index (χ1v) is 10.8. The molecule has 3 rings (SSSR count). The van der Waals surface area contributed by atoms with E-state index in [9.17, 15) is 9.59 Å². The Morgan fingerprint density at radius 2 is 1.76 bits per heavy atom. The van der Waals surface area contributed by atoms with Gasteiger partial charge >= 0.3 is 5.97 Å². The van der Waals surface area contributed by atoms with Gasteiger partial charge in [0.15, 0.2) is 0 Å². The number of esters is 1. The first-order chi connectivity index (χ1) is 15.9. The van der Waals surface area contributed by atoms with E-state index in [2.05, 4.69) is 32.1 Å². The van der Waals surface area contributed by atoms with Crippen LogP contribution in [0.4, 0.5) is 5.69 Å². The van der Waals surface area contributed by atoms with Crippen LogP contribution in [-0.2, 0) is 14.3 Å². The van der Waals surface area contributed by atoms with Crippen LogP contribution in [0.5, 0.6) is 0 Å². The number of amides is 1. The Labute approximate surface area is 195 Å². The Morgan fingerprint density at radius 1 is 1.09 bits per heavy atom. The molecular formula is C26H30N4O3. The van der Waals surface area contributed by atoms with Crippen molar-refractivity contribution in [2.24, 2.45) is 4.99 Å². The summed E-state index contributed by atoms with van der Waals surface area (Å²) in [5, 5.41) is 3.04. The number of nitrogens with one attached hydrogen (secondary N) is 1. The van der Waals surface area contributed by atoms with Crippen molar-refractivity contribution in [1.82, 2.24) is 10.2 Å². The summed E-state index contributed by atoms with van der Waals surface area (Å²) in [6.45, 7) is 3.64. The predicted molar refractivity (Wildman–Crippen MR) is 133 cm³/mol. The van der Waals surface area contributed by atoms with Gasteiger partial charge in [-0.05, 0) is 42.3 Å². The highest BCUT2D eigenvalue weighted by Crippen LogP contribution is 2.20. The van der Waals surface area contributed by atoms with Crippen LogP contribution >= 0.6 is 0 Å². The second-order valence-electron chi connectivity index (χ2n) is 7.87. The maximum Gasteiger partial charge on any atom is 0.319 e. The summed E-state index contributed by atoms with van der Waals surface area (Å²) in [5.74, 6) is 0.206. The first kappa shape index (κ1) is 23.9. The molecule has 2 aromatic rings. The molecule has 1 heterocycles. The molecule has 1 amide bonds. The smallest absolute Gasteiger partial charge is 0.319 e.